The van der Waals surface area contributed by atoms with Gasteiger partial charge in [0.25, 0.3) is 0 Å². The van der Waals surface area contributed by atoms with Gasteiger partial charge in [0.1, 0.15) is 0 Å². The highest BCUT2D eigenvalue weighted by Gasteiger charge is 2.17. The van der Waals surface area contributed by atoms with E-state index >= 15 is 0 Å². The molecule has 54 heavy (non-hydrogen) atoms. The molecule has 0 N–H and O–H groups in total. The van der Waals surface area contributed by atoms with E-state index in [1.165, 1.54) is 85.5 Å². The van der Waals surface area contributed by atoms with Crippen LogP contribution in [0.1, 0.15) is 0 Å². The van der Waals surface area contributed by atoms with Crippen molar-refractivity contribution < 1.29 is 0 Å². The highest BCUT2D eigenvalue weighted by molar-refractivity contribution is 7.26. The average molecular weight is 704 g/mol. The Kier molecular flexibility index (Phi) is 7.11. The zero-order chi connectivity index (χ0) is 35.6. The van der Waals surface area contributed by atoms with E-state index in [1.807, 2.05) is 11.3 Å². The summed E-state index contributed by atoms with van der Waals surface area (Å²) in [5.41, 5.74) is 8.18. The maximum absolute atomic E-state index is 2.40. The van der Waals surface area contributed by atoms with Gasteiger partial charge >= 0.3 is 0 Å². The molecule has 11 aromatic rings. The second-order valence-electron chi connectivity index (χ2n) is 14.1. The lowest BCUT2D eigenvalue weighted by molar-refractivity contribution is 1.29. The molecule has 0 radical (unpaired) electrons. The van der Waals surface area contributed by atoms with Crippen molar-refractivity contribution in [1.82, 2.24) is 0 Å². The summed E-state index contributed by atoms with van der Waals surface area (Å²) in [6.45, 7) is 0. The molecule has 0 unspecified atom stereocenters. The zero-order valence-corrected chi connectivity index (χ0v) is 30.2. The lowest BCUT2D eigenvalue weighted by Crippen LogP contribution is -2.10. The molecule has 0 bridgehead atoms. The van der Waals surface area contributed by atoms with Crippen molar-refractivity contribution in [3.8, 4) is 22.3 Å². The number of anilines is 3. The maximum Gasteiger partial charge on any atom is 0.0468 e. The number of benzene rings is 10. The van der Waals surface area contributed by atoms with Crippen molar-refractivity contribution >= 4 is 91.7 Å². The predicted octanol–water partition coefficient (Wildman–Crippen LogP) is 15.5. The summed E-state index contributed by atoms with van der Waals surface area (Å²) in [6.07, 6.45) is 0. The van der Waals surface area contributed by atoms with E-state index in [9.17, 15) is 0 Å². The summed E-state index contributed by atoms with van der Waals surface area (Å²) < 4.78 is 2.65. The molecule has 0 saturated carbocycles. The summed E-state index contributed by atoms with van der Waals surface area (Å²) in [6, 6.07) is 73.5. The third kappa shape index (κ3) is 5.07. The summed E-state index contributed by atoms with van der Waals surface area (Å²) in [5, 5.41) is 12.9. The summed E-state index contributed by atoms with van der Waals surface area (Å²) in [5.74, 6) is 0. The molecule has 0 fully saturated rings. The van der Waals surface area contributed by atoms with Gasteiger partial charge in [0.2, 0.25) is 0 Å². The van der Waals surface area contributed by atoms with Gasteiger partial charge < -0.3 is 4.90 Å². The van der Waals surface area contributed by atoms with Crippen LogP contribution in [0.2, 0.25) is 0 Å². The number of thiophene rings is 1. The van der Waals surface area contributed by atoms with Crippen LogP contribution < -0.4 is 4.90 Å². The number of hydrogen-bond donors (Lipinski definition) is 0. The smallest absolute Gasteiger partial charge is 0.0468 e. The van der Waals surface area contributed by atoms with E-state index in [0.717, 1.165) is 17.1 Å². The first-order valence-electron chi connectivity index (χ1n) is 18.5. The summed E-state index contributed by atoms with van der Waals surface area (Å²) in [7, 11) is 0. The molecule has 11 rings (SSSR count). The number of fused-ring (bicyclic) bond motifs is 10. The Morgan fingerprint density at radius 3 is 1.70 bits per heavy atom. The molecule has 0 aliphatic rings. The molecule has 252 valence electrons. The van der Waals surface area contributed by atoms with Gasteiger partial charge in [-0.1, -0.05) is 152 Å². The molecule has 0 amide bonds. The van der Waals surface area contributed by atoms with Gasteiger partial charge in [0.15, 0.2) is 0 Å². The Morgan fingerprint density at radius 2 is 0.870 bits per heavy atom. The van der Waals surface area contributed by atoms with Crippen molar-refractivity contribution in [2.45, 2.75) is 0 Å². The van der Waals surface area contributed by atoms with Gasteiger partial charge in [-0.15, -0.1) is 11.3 Å². The number of nitrogens with zero attached hydrogens (tertiary/aromatic N) is 1. The number of rotatable bonds is 5. The molecule has 0 spiro atoms. The van der Waals surface area contributed by atoms with Crippen LogP contribution in [0.5, 0.6) is 0 Å². The lowest BCUT2D eigenvalue weighted by Gasteiger charge is -2.26. The Hall–Kier alpha value is -6.74. The average Bonchev–Trinajstić information content (AvgIpc) is 3.63. The lowest BCUT2D eigenvalue weighted by atomic mass is 9.94. The van der Waals surface area contributed by atoms with Crippen molar-refractivity contribution in [1.29, 1.82) is 0 Å². The van der Waals surface area contributed by atoms with Gasteiger partial charge in [-0.2, -0.15) is 0 Å². The maximum atomic E-state index is 2.40. The molecule has 0 aliphatic carbocycles. The van der Waals surface area contributed by atoms with Gasteiger partial charge in [-0.3, -0.25) is 0 Å². The Morgan fingerprint density at radius 1 is 0.296 bits per heavy atom. The van der Waals surface area contributed by atoms with Crippen molar-refractivity contribution in [3.63, 3.8) is 0 Å². The Bertz CT molecular complexity index is 3210. The van der Waals surface area contributed by atoms with Crippen LogP contribution in [-0.4, -0.2) is 0 Å². The van der Waals surface area contributed by atoms with Crippen LogP contribution >= 0.6 is 11.3 Å². The fourth-order valence-electron chi connectivity index (χ4n) is 8.34. The molecule has 1 nitrogen and oxygen atoms in total. The SMILES string of the molecule is c1ccc(-c2cccc(N(c3ccc(-c4ccc5ccc6ccc7ccccc7c6c5c4)cc3)c3ccc4sc5c6ccccc6ccc5c4c3)c2)cc1. The van der Waals surface area contributed by atoms with Gasteiger partial charge in [-0.05, 0) is 114 Å². The molecular weight excluding hydrogens is 671 g/mol. The van der Waals surface area contributed by atoms with E-state index in [-0.39, 0.29) is 0 Å². The van der Waals surface area contributed by atoms with Crippen molar-refractivity contribution in [2.75, 3.05) is 4.90 Å². The van der Waals surface area contributed by atoms with E-state index in [0.29, 0.717) is 0 Å². The third-order valence-corrected chi connectivity index (χ3v) is 12.2. The van der Waals surface area contributed by atoms with Crippen LogP contribution in [0, 0.1) is 0 Å². The minimum Gasteiger partial charge on any atom is -0.310 e. The molecule has 1 heterocycles. The van der Waals surface area contributed by atoms with E-state index in [4.69, 9.17) is 0 Å². The van der Waals surface area contributed by atoms with Crippen LogP contribution in [-0.2, 0) is 0 Å². The Balaban J connectivity index is 1.06. The number of hydrogen-bond acceptors (Lipinski definition) is 2. The van der Waals surface area contributed by atoms with Crippen molar-refractivity contribution in [2.24, 2.45) is 0 Å². The van der Waals surface area contributed by atoms with Crippen molar-refractivity contribution in [3.05, 3.63) is 200 Å². The van der Waals surface area contributed by atoms with E-state index in [1.54, 1.807) is 0 Å². The molecule has 1 aromatic heterocycles. The topological polar surface area (TPSA) is 3.24 Å². The predicted molar refractivity (Wildman–Crippen MR) is 235 cm³/mol. The van der Waals surface area contributed by atoms with Crippen LogP contribution in [0.15, 0.2) is 200 Å². The largest absolute Gasteiger partial charge is 0.310 e. The fourth-order valence-corrected chi connectivity index (χ4v) is 9.56. The fraction of sp³-hybridized carbons (Fsp3) is 0. The summed E-state index contributed by atoms with van der Waals surface area (Å²) >= 11 is 1.89. The monoisotopic (exact) mass is 703 g/mol. The minimum absolute atomic E-state index is 1.12. The first-order chi connectivity index (χ1) is 26.7. The highest BCUT2D eigenvalue weighted by atomic mass is 32.1. The van der Waals surface area contributed by atoms with Crippen LogP contribution in [0.3, 0.4) is 0 Å². The molecule has 2 heteroatoms. The first-order valence-corrected chi connectivity index (χ1v) is 19.3. The first kappa shape index (κ1) is 30.8. The van der Waals surface area contributed by atoms with E-state index in [2.05, 4.69) is 205 Å². The van der Waals surface area contributed by atoms with Gasteiger partial charge in [0.05, 0.1) is 0 Å². The summed E-state index contributed by atoms with van der Waals surface area (Å²) in [4.78, 5) is 2.40. The normalized spacial score (nSPS) is 11.7. The Labute approximate surface area is 317 Å². The van der Waals surface area contributed by atoms with Gasteiger partial charge in [-0.25, -0.2) is 0 Å². The molecular formula is C52H33NS. The molecule has 0 aliphatic heterocycles. The second kappa shape index (κ2) is 12.4. The van der Waals surface area contributed by atoms with Crippen LogP contribution in [0.4, 0.5) is 17.1 Å². The highest BCUT2D eigenvalue weighted by Crippen LogP contribution is 2.44. The van der Waals surface area contributed by atoms with Crippen LogP contribution in [0.25, 0.3) is 85.5 Å². The second-order valence-corrected chi connectivity index (χ2v) is 15.2. The zero-order valence-electron chi connectivity index (χ0n) is 29.4. The van der Waals surface area contributed by atoms with Gasteiger partial charge in [0, 0.05) is 37.2 Å². The molecule has 0 atom stereocenters. The standard InChI is InChI=1S/C52H33NS/c1-2-9-34(10-3-1)40-13-8-14-43(31-40)53(44-28-30-50-49(33-44)47-29-25-37-12-5-7-16-46(37)52(47)54-50)42-26-23-35(24-27-42)41-22-19-38-18-21-39-20-17-36-11-4-6-15-45(36)51(39)48(38)32-41/h1-33H. The molecule has 10 aromatic carbocycles. The molecule has 0 saturated heterocycles. The third-order valence-electron chi connectivity index (χ3n) is 11.0. The minimum atomic E-state index is 1.12. The quantitative estimate of drug-likeness (QED) is 0.161. The van der Waals surface area contributed by atoms with E-state index < -0.39 is 0 Å².